The van der Waals surface area contributed by atoms with Crippen LogP contribution >= 0.6 is 0 Å². The molecule has 0 heterocycles. The van der Waals surface area contributed by atoms with E-state index in [1.54, 1.807) is 7.05 Å². The number of unbranched alkanes of at least 4 members (excludes halogenated alkanes) is 4. The van der Waals surface area contributed by atoms with Gasteiger partial charge < -0.3 is 0 Å². The first kappa shape index (κ1) is 19.9. The predicted molar refractivity (Wildman–Crippen MR) is 81.8 cm³/mol. The minimum Gasteiger partial charge on any atom is -0.245 e. The molecule has 0 amide bonds. The first-order chi connectivity index (χ1) is 9.97. The fourth-order valence-electron chi connectivity index (χ4n) is 2.08. The predicted octanol–water partition coefficient (Wildman–Crippen LogP) is 3.92. The molecule has 21 heavy (non-hydrogen) atoms. The summed E-state index contributed by atoms with van der Waals surface area (Å²) < 4.78 is 0. The fourth-order valence-corrected chi connectivity index (χ4v) is 2.08. The van der Waals surface area contributed by atoms with Gasteiger partial charge in [-0.3, -0.25) is 0 Å². The molecular formula is C16H32NO4+. The van der Waals surface area contributed by atoms with E-state index in [0.29, 0.717) is 19.4 Å². The highest BCUT2D eigenvalue weighted by Crippen LogP contribution is 2.13. The molecule has 0 spiro atoms. The molecule has 0 bridgehead atoms. The molecule has 5 heteroatoms. The van der Waals surface area contributed by atoms with Crippen LogP contribution in [-0.4, -0.2) is 30.3 Å². The molecule has 0 N–H and O–H groups in total. The van der Waals surface area contributed by atoms with Crippen LogP contribution in [0, 0.1) is 0 Å². The van der Waals surface area contributed by atoms with E-state index in [-0.39, 0.29) is 11.9 Å². The van der Waals surface area contributed by atoms with E-state index in [0.717, 1.165) is 44.9 Å². The third kappa shape index (κ3) is 10.3. The topological polar surface area (TPSA) is 52.6 Å². The van der Waals surface area contributed by atoms with Crippen LogP contribution in [0.15, 0.2) is 0 Å². The maximum absolute atomic E-state index is 11.8. The van der Waals surface area contributed by atoms with Crippen molar-refractivity contribution in [2.24, 2.45) is 0 Å². The van der Waals surface area contributed by atoms with Crippen molar-refractivity contribution >= 4 is 11.9 Å². The number of carbonyl (C=O) groups is 2. The van der Waals surface area contributed by atoms with E-state index in [2.05, 4.69) is 13.8 Å². The molecule has 0 aliphatic rings. The standard InChI is InChI=1S/C16H32NO4/c1-5-8-10-12-15(18)20-17(4,14-7-3)21-16(19)13-11-9-6-2/h5-14H2,1-4H3/q+1. The number of carbonyl (C=O) groups excluding carboxylic acids is 2. The van der Waals surface area contributed by atoms with Crippen LogP contribution < -0.4 is 0 Å². The summed E-state index contributed by atoms with van der Waals surface area (Å²) in [5, 5.41) is 0. The van der Waals surface area contributed by atoms with Gasteiger partial charge in [0, 0.05) is 11.2 Å². The van der Waals surface area contributed by atoms with Gasteiger partial charge in [-0.15, -0.1) is 0 Å². The second-order valence-corrected chi connectivity index (χ2v) is 5.58. The Morgan fingerprint density at radius 2 is 1.19 bits per heavy atom. The summed E-state index contributed by atoms with van der Waals surface area (Å²) in [5.41, 5.74) is 0. The largest absolute Gasteiger partial charge is 0.372 e. The maximum Gasteiger partial charge on any atom is 0.372 e. The van der Waals surface area contributed by atoms with Gasteiger partial charge in [-0.05, 0) is 12.8 Å². The summed E-state index contributed by atoms with van der Waals surface area (Å²) in [6, 6.07) is 0. The van der Waals surface area contributed by atoms with Gasteiger partial charge >= 0.3 is 11.9 Å². The van der Waals surface area contributed by atoms with Crippen LogP contribution in [0.25, 0.3) is 0 Å². The zero-order valence-electron chi connectivity index (χ0n) is 14.2. The van der Waals surface area contributed by atoms with Crippen molar-refractivity contribution in [1.29, 1.82) is 0 Å². The number of quaternary nitrogens is 1. The average molecular weight is 302 g/mol. The zero-order chi connectivity index (χ0) is 16.1. The van der Waals surface area contributed by atoms with Crippen molar-refractivity contribution < 1.29 is 24.1 Å². The second kappa shape index (κ2) is 11.5. The zero-order valence-corrected chi connectivity index (χ0v) is 14.2. The Morgan fingerprint density at radius 3 is 1.52 bits per heavy atom. The number of nitrogens with zero attached hydrogens (tertiary/aromatic N) is 1. The molecule has 0 rings (SSSR count). The minimum absolute atomic E-state index is 0.305. The molecule has 0 aromatic carbocycles. The quantitative estimate of drug-likeness (QED) is 0.311. The number of rotatable bonds is 12. The molecule has 0 saturated carbocycles. The van der Waals surface area contributed by atoms with Crippen LogP contribution in [0.5, 0.6) is 0 Å². The summed E-state index contributed by atoms with van der Waals surface area (Å²) >= 11 is 0. The Labute approximate surface area is 129 Å². The molecule has 0 unspecified atom stereocenters. The number of hydrogen-bond donors (Lipinski definition) is 0. The molecule has 0 aromatic heterocycles. The Balaban J connectivity index is 4.32. The van der Waals surface area contributed by atoms with Crippen molar-refractivity contribution in [3.8, 4) is 0 Å². The average Bonchev–Trinajstić information content (AvgIpc) is 2.39. The van der Waals surface area contributed by atoms with E-state index >= 15 is 0 Å². The third-order valence-electron chi connectivity index (χ3n) is 3.19. The molecule has 0 aliphatic carbocycles. The highest BCUT2D eigenvalue weighted by atomic mass is 17.0. The number of hydroxylamine groups is 4. The first-order valence-corrected chi connectivity index (χ1v) is 8.27. The lowest BCUT2D eigenvalue weighted by Gasteiger charge is -2.26. The third-order valence-corrected chi connectivity index (χ3v) is 3.19. The summed E-state index contributed by atoms with van der Waals surface area (Å²) in [4.78, 5) is 34.0. The Bertz CT molecular complexity index is 281. The summed E-state index contributed by atoms with van der Waals surface area (Å²) in [7, 11) is 1.62. The van der Waals surface area contributed by atoms with Gasteiger partial charge in [-0.25, -0.2) is 19.3 Å². The monoisotopic (exact) mass is 302 g/mol. The minimum atomic E-state index is -0.396. The summed E-state index contributed by atoms with van der Waals surface area (Å²) in [6.07, 6.45) is 7.25. The molecule has 0 aliphatic heterocycles. The van der Waals surface area contributed by atoms with E-state index in [1.165, 1.54) is 0 Å². The summed E-state index contributed by atoms with van der Waals surface area (Å²) in [5.74, 6) is -0.610. The van der Waals surface area contributed by atoms with Crippen molar-refractivity contribution in [3.63, 3.8) is 0 Å². The Hall–Kier alpha value is -1.10. The van der Waals surface area contributed by atoms with Gasteiger partial charge in [0.05, 0.1) is 12.8 Å². The van der Waals surface area contributed by atoms with E-state index < -0.39 is 4.81 Å². The normalized spacial score (nSPS) is 11.2. The highest BCUT2D eigenvalue weighted by Gasteiger charge is 2.32. The maximum atomic E-state index is 11.8. The van der Waals surface area contributed by atoms with E-state index in [1.807, 2.05) is 6.92 Å². The van der Waals surface area contributed by atoms with Crippen molar-refractivity contribution in [3.05, 3.63) is 0 Å². The molecule has 0 radical (unpaired) electrons. The molecule has 124 valence electrons. The molecule has 0 atom stereocenters. The fraction of sp³-hybridized carbons (Fsp3) is 0.875. The lowest BCUT2D eigenvalue weighted by Crippen LogP contribution is -2.47. The van der Waals surface area contributed by atoms with Crippen LogP contribution in [0.2, 0.25) is 0 Å². The van der Waals surface area contributed by atoms with Gasteiger partial charge in [-0.1, -0.05) is 46.5 Å². The van der Waals surface area contributed by atoms with E-state index in [4.69, 9.17) is 9.68 Å². The summed E-state index contributed by atoms with van der Waals surface area (Å²) in [6.45, 7) is 6.60. The Morgan fingerprint density at radius 1 is 0.762 bits per heavy atom. The molecule has 0 fully saturated rings. The number of hydrogen-bond acceptors (Lipinski definition) is 4. The second-order valence-electron chi connectivity index (χ2n) is 5.58. The molecule has 0 aromatic rings. The van der Waals surface area contributed by atoms with Gasteiger partial charge in [-0.2, -0.15) is 0 Å². The van der Waals surface area contributed by atoms with Crippen molar-refractivity contribution in [1.82, 2.24) is 0 Å². The van der Waals surface area contributed by atoms with Crippen molar-refractivity contribution in [2.75, 3.05) is 13.6 Å². The lowest BCUT2D eigenvalue weighted by molar-refractivity contribution is -1.21. The van der Waals surface area contributed by atoms with Gasteiger partial charge in [0.2, 0.25) is 0 Å². The van der Waals surface area contributed by atoms with Gasteiger partial charge in [0.25, 0.3) is 0 Å². The first-order valence-electron chi connectivity index (χ1n) is 8.27. The molecule has 0 saturated heterocycles. The molecule has 5 nitrogen and oxygen atoms in total. The van der Waals surface area contributed by atoms with E-state index in [9.17, 15) is 9.59 Å². The Kier molecular flexibility index (Phi) is 10.9. The highest BCUT2D eigenvalue weighted by molar-refractivity contribution is 5.69. The van der Waals surface area contributed by atoms with Crippen LogP contribution in [0.4, 0.5) is 0 Å². The van der Waals surface area contributed by atoms with Gasteiger partial charge in [0.1, 0.15) is 0 Å². The van der Waals surface area contributed by atoms with Crippen LogP contribution in [0.3, 0.4) is 0 Å². The smallest absolute Gasteiger partial charge is 0.245 e. The van der Waals surface area contributed by atoms with Crippen molar-refractivity contribution in [2.45, 2.75) is 78.6 Å². The lowest BCUT2D eigenvalue weighted by atomic mass is 10.2. The van der Waals surface area contributed by atoms with Gasteiger partial charge in [0.15, 0.2) is 13.6 Å². The molecular weight excluding hydrogens is 270 g/mol. The SMILES string of the molecule is CCCCCC(=O)O[N+](C)(CCC)OC(=O)CCCCC. The van der Waals surface area contributed by atoms with Crippen LogP contribution in [-0.2, 0) is 19.3 Å². The van der Waals surface area contributed by atoms with Crippen LogP contribution in [0.1, 0.15) is 78.6 Å².